The molecule has 3 rings (SSSR count). The van der Waals surface area contributed by atoms with E-state index in [0.717, 1.165) is 49.8 Å². The molecule has 0 aliphatic carbocycles. The molecule has 1 aliphatic heterocycles. The van der Waals surface area contributed by atoms with Gasteiger partial charge in [-0.05, 0) is 53.8 Å². The van der Waals surface area contributed by atoms with Gasteiger partial charge in [0.15, 0.2) is 0 Å². The first kappa shape index (κ1) is 17.9. The average Bonchev–Trinajstić information content (AvgIpc) is 3.05. The highest BCUT2D eigenvalue weighted by Gasteiger charge is 2.26. The fraction of sp³-hybridized carbons (Fsp3) is 0.632. The molecule has 1 atom stereocenters. The molecule has 2 aromatic heterocycles. The number of aromatic nitrogens is 4. The van der Waals surface area contributed by atoms with Gasteiger partial charge in [0.1, 0.15) is 11.6 Å². The summed E-state index contributed by atoms with van der Waals surface area (Å²) in [6.45, 7) is 8.22. The maximum absolute atomic E-state index is 4.73. The molecule has 25 heavy (non-hydrogen) atoms. The Labute approximate surface area is 150 Å². The van der Waals surface area contributed by atoms with Gasteiger partial charge in [0.2, 0.25) is 0 Å². The summed E-state index contributed by atoms with van der Waals surface area (Å²) in [7, 11) is 4.25. The molecule has 0 amide bonds. The molecule has 0 spiro atoms. The van der Waals surface area contributed by atoms with Crippen molar-refractivity contribution in [1.82, 2.24) is 24.4 Å². The standard InChI is InChI=1S/C19H30N6/c1-15-13-21-16(2)18(22-15)25-10-5-7-17(14-25)19-20-8-12-24(19)11-6-9-23(3)4/h8,12-13,17H,5-7,9-11,14H2,1-4H3/t17-/m1/s1. The van der Waals surface area contributed by atoms with E-state index in [9.17, 15) is 0 Å². The highest BCUT2D eigenvalue weighted by Crippen LogP contribution is 2.29. The second-order valence-electron chi connectivity index (χ2n) is 7.34. The van der Waals surface area contributed by atoms with Crippen LogP contribution in [-0.4, -0.2) is 58.1 Å². The predicted molar refractivity (Wildman–Crippen MR) is 101 cm³/mol. The molecule has 0 bridgehead atoms. The third kappa shape index (κ3) is 4.37. The molecule has 136 valence electrons. The van der Waals surface area contributed by atoms with Gasteiger partial charge in [0.05, 0.1) is 11.4 Å². The van der Waals surface area contributed by atoms with Crippen molar-refractivity contribution >= 4 is 5.82 Å². The lowest BCUT2D eigenvalue weighted by Gasteiger charge is -2.34. The van der Waals surface area contributed by atoms with Gasteiger partial charge in [-0.3, -0.25) is 4.98 Å². The molecule has 6 heteroatoms. The normalized spacial score (nSPS) is 18.1. The van der Waals surface area contributed by atoms with E-state index in [1.165, 1.54) is 18.7 Å². The minimum absolute atomic E-state index is 0.463. The minimum Gasteiger partial charge on any atom is -0.354 e. The molecule has 0 radical (unpaired) electrons. The van der Waals surface area contributed by atoms with Crippen molar-refractivity contribution in [3.63, 3.8) is 0 Å². The molecule has 1 aliphatic rings. The summed E-state index contributed by atoms with van der Waals surface area (Å²) in [6.07, 6.45) is 9.43. The Balaban J connectivity index is 1.72. The summed E-state index contributed by atoms with van der Waals surface area (Å²) in [5.74, 6) is 2.72. The predicted octanol–water partition coefficient (Wildman–Crippen LogP) is 2.63. The largest absolute Gasteiger partial charge is 0.354 e. The molecule has 0 saturated carbocycles. The van der Waals surface area contributed by atoms with Gasteiger partial charge in [-0.25, -0.2) is 9.97 Å². The van der Waals surface area contributed by atoms with Gasteiger partial charge < -0.3 is 14.4 Å². The Morgan fingerprint density at radius 2 is 2.08 bits per heavy atom. The fourth-order valence-electron chi connectivity index (χ4n) is 3.63. The molecule has 1 fully saturated rings. The summed E-state index contributed by atoms with van der Waals surface area (Å²) in [6, 6.07) is 0. The Bertz CT molecular complexity index is 693. The van der Waals surface area contributed by atoms with E-state index in [0.29, 0.717) is 5.92 Å². The lowest BCUT2D eigenvalue weighted by Crippen LogP contribution is -2.36. The van der Waals surface area contributed by atoms with Crippen LogP contribution in [0.5, 0.6) is 0 Å². The zero-order chi connectivity index (χ0) is 17.8. The van der Waals surface area contributed by atoms with Crippen molar-refractivity contribution in [2.45, 2.75) is 45.6 Å². The number of anilines is 1. The summed E-state index contributed by atoms with van der Waals surface area (Å²) in [5.41, 5.74) is 1.99. The molecule has 2 aromatic rings. The van der Waals surface area contributed by atoms with Crippen LogP contribution in [-0.2, 0) is 6.54 Å². The van der Waals surface area contributed by atoms with Crippen LogP contribution in [0.3, 0.4) is 0 Å². The number of piperidine rings is 1. The summed E-state index contributed by atoms with van der Waals surface area (Å²) >= 11 is 0. The minimum atomic E-state index is 0.463. The van der Waals surface area contributed by atoms with Gasteiger partial charge in [-0.15, -0.1) is 0 Å². The highest BCUT2D eigenvalue weighted by atomic mass is 15.2. The average molecular weight is 342 g/mol. The van der Waals surface area contributed by atoms with Crippen molar-refractivity contribution < 1.29 is 0 Å². The Hall–Kier alpha value is -1.95. The van der Waals surface area contributed by atoms with Gasteiger partial charge >= 0.3 is 0 Å². The van der Waals surface area contributed by atoms with Gasteiger partial charge in [0, 0.05) is 44.1 Å². The van der Waals surface area contributed by atoms with Crippen LogP contribution in [0.1, 0.15) is 42.4 Å². The van der Waals surface area contributed by atoms with Crippen LogP contribution >= 0.6 is 0 Å². The number of hydrogen-bond donors (Lipinski definition) is 0. The van der Waals surface area contributed by atoms with Crippen molar-refractivity contribution in [2.75, 3.05) is 38.6 Å². The topological polar surface area (TPSA) is 50.1 Å². The lowest BCUT2D eigenvalue weighted by atomic mass is 9.97. The number of nitrogens with zero attached hydrogens (tertiary/aromatic N) is 6. The molecule has 0 aromatic carbocycles. The van der Waals surface area contributed by atoms with Crippen molar-refractivity contribution in [1.29, 1.82) is 0 Å². The van der Waals surface area contributed by atoms with E-state index in [1.807, 2.05) is 26.2 Å². The second-order valence-corrected chi connectivity index (χ2v) is 7.34. The van der Waals surface area contributed by atoms with E-state index in [1.54, 1.807) is 0 Å². The van der Waals surface area contributed by atoms with Crippen LogP contribution < -0.4 is 4.90 Å². The highest BCUT2D eigenvalue weighted by molar-refractivity contribution is 5.44. The van der Waals surface area contributed by atoms with Crippen LogP contribution in [0, 0.1) is 13.8 Å². The maximum atomic E-state index is 4.73. The smallest absolute Gasteiger partial charge is 0.150 e. The number of rotatable bonds is 6. The van der Waals surface area contributed by atoms with E-state index < -0.39 is 0 Å². The number of imidazole rings is 1. The third-order valence-corrected chi connectivity index (χ3v) is 4.89. The Kier molecular flexibility index (Phi) is 5.68. The zero-order valence-electron chi connectivity index (χ0n) is 15.9. The van der Waals surface area contributed by atoms with E-state index in [4.69, 9.17) is 9.97 Å². The van der Waals surface area contributed by atoms with Crippen molar-refractivity contribution in [2.24, 2.45) is 0 Å². The first-order valence-electron chi connectivity index (χ1n) is 9.25. The monoisotopic (exact) mass is 342 g/mol. The second kappa shape index (κ2) is 7.95. The molecule has 0 N–H and O–H groups in total. The molecular weight excluding hydrogens is 312 g/mol. The quantitative estimate of drug-likeness (QED) is 0.808. The SMILES string of the molecule is Cc1cnc(C)c(N2CCC[C@@H](c3nccn3CCCN(C)C)C2)n1. The molecule has 0 unspecified atom stereocenters. The Morgan fingerprint density at radius 1 is 1.24 bits per heavy atom. The number of aryl methyl sites for hydroxylation is 3. The van der Waals surface area contributed by atoms with E-state index in [-0.39, 0.29) is 0 Å². The van der Waals surface area contributed by atoms with E-state index >= 15 is 0 Å². The summed E-state index contributed by atoms with van der Waals surface area (Å²) in [5, 5.41) is 0. The van der Waals surface area contributed by atoms with Crippen molar-refractivity contribution in [3.05, 3.63) is 35.8 Å². The van der Waals surface area contributed by atoms with Gasteiger partial charge in [-0.2, -0.15) is 0 Å². The molecular formula is C19H30N6. The molecule has 6 nitrogen and oxygen atoms in total. The number of hydrogen-bond acceptors (Lipinski definition) is 5. The lowest BCUT2D eigenvalue weighted by molar-refractivity contribution is 0.380. The van der Waals surface area contributed by atoms with Crippen molar-refractivity contribution in [3.8, 4) is 0 Å². The first-order valence-corrected chi connectivity index (χ1v) is 9.25. The summed E-state index contributed by atoms with van der Waals surface area (Å²) in [4.78, 5) is 18.5. The molecule has 3 heterocycles. The third-order valence-electron chi connectivity index (χ3n) is 4.89. The van der Waals surface area contributed by atoms with Crippen LogP contribution in [0.2, 0.25) is 0 Å². The molecule has 1 saturated heterocycles. The summed E-state index contributed by atoms with van der Waals surface area (Å²) < 4.78 is 2.34. The van der Waals surface area contributed by atoms with Crippen LogP contribution in [0.15, 0.2) is 18.6 Å². The maximum Gasteiger partial charge on any atom is 0.150 e. The van der Waals surface area contributed by atoms with E-state index in [2.05, 4.69) is 39.6 Å². The zero-order valence-corrected chi connectivity index (χ0v) is 15.9. The Morgan fingerprint density at radius 3 is 2.88 bits per heavy atom. The first-order chi connectivity index (χ1) is 12.0. The van der Waals surface area contributed by atoms with Gasteiger partial charge in [0.25, 0.3) is 0 Å². The van der Waals surface area contributed by atoms with Crippen LogP contribution in [0.25, 0.3) is 0 Å². The van der Waals surface area contributed by atoms with Crippen LogP contribution in [0.4, 0.5) is 5.82 Å². The fourth-order valence-corrected chi connectivity index (χ4v) is 3.63. The van der Waals surface area contributed by atoms with Gasteiger partial charge in [-0.1, -0.05) is 0 Å².